The van der Waals surface area contributed by atoms with Crippen LogP contribution in [-0.2, 0) is 9.59 Å². The highest BCUT2D eigenvalue weighted by molar-refractivity contribution is 6.42. The van der Waals surface area contributed by atoms with Gasteiger partial charge in [-0.25, -0.2) is 4.79 Å². The van der Waals surface area contributed by atoms with Crippen molar-refractivity contribution >= 4 is 41.0 Å². The zero-order valence-electron chi connectivity index (χ0n) is 23.4. The lowest BCUT2D eigenvalue weighted by atomic mass is 9.72. The number of benzene rings is 1. The number of aromatic nitrogens is 1. The van der Waals surface area contributed by atoms with Crippen LogP contribution >= 0.6 is 23.2 Å². The number of carbonyl (C=O) groups excluding carboxylic acids is 3. The number of halogens is 2. The first-order valence-electron chi connectivity index (χ1n) is 13.8. The fraction of sp³-hybridized carbons (Fsp3) is 0.533. The molecule has 1 saturated carbocycles. The van der Waals surface area contributed by atoms with Crippen LogP contribution in [0.25, 0.3) is 0 Å². The molecular formula is C30H36Cl2N4O4. The van der Waals surface area contributed by atoms with E-state index in [9.17, 15) is 14.4 Å². The van der Waals surface area contributed by atoms with Gasteiger partial charge in [0.05, 0.1) is 10.0 Å². The number of nitrogens with zero attached hydrogens (tertiary/aromatic N) is 3. The predicted molar refractivity (Wildman–Crippen MR) is 154 cm³/mol. The number of nitrogens with one attached hydrogen (secondary N) is 1. The normalized spacial score (nSPS) is 24.1. The fourth-order valence-corrected chi connectivity index (χ4v) is 6.57. The number of piperidine rings is 1. The maximum atomic E-state index is 14.6. The van der Waals surface area contributed by atoms with Gasteiger partial charge >= 0.3 is 6.09 Å². The van der Waals surface area contributed by atoms with Crippen LogP contribution in [0, 0.1) is 25.2 Å². The summed E-state index contributed by atoms with van der Waals surface area (Å²) in [5.41, 5.74) is 0.824. The molecule has 2 saturated heterocycles. The van der Waals surface area contributed by atoms with Gasteiger partial charge in [-0.05, 0) is 57.2 Å². The minimum atomic E-state index is -1.22. The second-order valence-corrected chi connectivity index (χ2v) is 12.6. The minimum absolute atomic E-state index is 0.0279. The Kier molecular flexibility index (Phi) is 7.89. The number of ketones is 1. The molecule has 3 aliphatic rings. The number of carbonyl (C=O) groups is 3. The lowest BCUT2D eigenvalue weighted by Gasteiger charge is -2.44. The maximum absolute atomic E-state index is 14.6. The van der Waals surface area contributed by atoms with Crippen LogP contribution in [0.5, 0.6) is 5.75 Å². The van der Waals surface area contributed by atoms with Crippen molar-refractivity contribution in [2.24, 2.45) is 11.3 Å². The molecule has 2 aliphatic heterocycles. The quantitative estimate of drug-likeness (QED) is 0.502. The molecule has 3 fully saturated rings. The predicted octanol–water partition coefficient (Wildman–Crippen LogP) is 5.17. The average Bonchev–Trinajstić information content (AvgIpc) is 3.51. The van der Waals surface area contributed by atoms with Crippen molar-refractivity contribution < 1.29 is 19.1 Å². The lowest BCUT2D eigenvalue weighted by molar-refractivity contribution is -0.142. The van der Waals surface area contributed by atoms with E-state index in [-0.39, 0.29) is 35.5 Å². The van der Waals surface area contributed by atoms with Gasteiger partial charge in [-0.15, -0.1) is 0 Å². The van der Waals surface area contributed by atoms with E-state index >= 15 is 0 Å². The standard InChI is InChI=1S/C30H36Cl2N4O4/c1-18-13-22(14-19(2)34-18)40-28(39)35(4)30(17-33-16-23(30)21-5-6-24(31)25(32)15-21)26(37)20-7-11-36(12-8-20)27(38)29(3)9-10-29/h5-6,13-15,20,23,33H,7-12,16-17H2,1-4H3/t23-,30+/m0/s1. The van der Waals surface area contributed by atoms with Gasteiger partial charge in [0.2, 0.25) is 5.91 Å². The highest BCUT2D eigenvalue weighted by Crippen LogP contribution is 2.47. The molecule has 1 aromatic heterocycles. The summed E-state index contributed by atoms with van der Waals surface area (Å²) in [4.78, 5) is 48.9. The third-order valence-corrected chi connectivity index (χ3v) is 9.63. The Hall–Kier alpha value is -2.68. The topological polar surface area (TPSA) is 91.8 Å². The number of likely N-dealkylation sites (tertiary alicyclic amines) is 1. The summed E-state index contributed by atoms with van der Waals surface area (Å²) in [6.07, 6.45) is 2.34. The molecule has 1 aromatic carbocycles. The fourth-order valence-electron chi connectivity index (χ4n) is 6.27. The van der Waals surface area contributed by atoms with Crippen molar-refractivity contribution in [3.8, 4) is 5.75 Å². The first kappa shape index (κ1) is 28.8. The van der Waals surface area contributed by atoms with E-state index in [1.807, 2.05) is 31.7 Å². The van der Waals surface area contributed by atoms with E-state index in [0.29, 0.717) is 48.3 Å². The number of hydrogen-bond acceptors (Lipinski definition) is 6. The van der Waals surface area contributed by atoms with E-state index < -0.39 is 11.6 Å². The van der Waals surface area contributed by atoms with Crippen molar-refractivity contribution in [1.82, 2.24) is 20.1 Å². The van der Waals surface area contributed by atoms with Crippen molar-refractivity contribution in [2.75, 3.05) is 33.2 Å². The van der Waals surface area contributed by atoms with Crippen LogP contribution in [0.15, 0.2) is 30.3 Å². The van der Waals surface area contributed by atoms with Crippen molar-refractivity contribution in [1.29, 1.82) is 0 Å². The Balaban J connectivity index is 1.45. The first-order valence-corrected chi connectivity index (χ1v) is 14.6. The van der Waals surface area contributed by atoms with E-state index in [2.05, 4.69) is 10.3 Å². The second-order valence-electron chi connectivity index (χ2n) is 11.8. The molecule has 0 unspecified atom stereocenters. The van der Waals surface area contributed by atoms with Crippen LogP contribution in [0.1, 0.15) is 55.5 Å². The third kappa shape index (κ3) is 5.33. The Morgan fingerprint density at radius 2 is 1.70 bits per heavy atom. The summed E-state index contributed by atoms with van der Waals surface area (Å²) in [7, 11) is 1.63. The molecule has 0 bridgehead atoms. The summed E-state index contributed by atoms with van der Waals surface area (Å²) in [6, 6.07) is 8.75. The monoisotopic (exact) mass is 586 g/mol. The Morgan fingerprint density at radius 3 is 2.30 bits per heavy atom. The van der Waals surface area contributed by atoms with Gasteiger partial charge in [0, 0.05) is 74.0 Å². The van der Waals surface area contributed by atoms with Crippen LogP contribution in [0.4, 0.5) is 4.79 Å². The summed E-state index contributed by atoms with van der Waals surface area (Å²) in [6.45, 7) is 7.51. The van der Waals surface area contributed by atoms with Crippen molar-refractivity contribution in [3.63, 3.8) is 0 Å². The zero-order chi connectivity index (χ0) is 28.8. The Bertz CT molecular complexity index is 1320. The molecule has 2 aromatic rings. The SMILES string of the molecule is Cc1cc(OC(=O)N(C)[C@]2(C(=O)C3CCN(C(=O)C4(C)CC4)CC3)CNC[C@H]2c2ccc(Cl)c(Cl)c2)cc(C)n1. The molecule has 40 heavy (non-hydrogen) atoms. The molecule has 0 radical (unpaired) electrons. The molecule has 8 nitrogen and oxygen atoms in total. The van der Waals surface area contributed by atoms with Crippen LogP contribution in [-0.4, -0.2) is 71.3 Å². The van der Waals surface area contributed by atoms with Crippen molar-refractivity contribution in [2.45, 2.75) is 57.9 Å². The molecule has 10 heteroatoms. The Labute approximate surface area is 245 Å². The number of rotatable bonds is 6. The smallest absolute Gasteiger partial charge is 0.410 e. The number of ether oxygens (including phenoxy) is 1. The molecular weight excluding hydrogens is 551 g/mol. The number of Topliss-reactive ketones (excluding diaryl/α,β-unsaturated/α-hetero) is 1. The second kappa shape index (κ2) is 11.0. The average molecular weight is 588 g/mol. The summed E-state index contributed by atoms with van der Waals surface area (Å²) in [5.74, 6) is -0.144. The van der Waals surface area contributed by atoms with Crippen LogP contribution in [0.2, 0.25) is 10.0 Å². The summed E-state index contributed by atoms with van der Waals surface area (Å²) < 4.78 is 5.80. The zero-order valence-corrected chi connectivity index (χ0v) is 24.9. The van der Waals surface area contributed by atoms with Gasteiger partial charge in [-0.3, -0.25) is 19.5 Å². The van der Waals surface area contributed by atoms with Crippen molar-refractivity contribution in [3.05, 3.63) is 57.3 Å². The third-order valence-electron chi connectivity index (χ3n) is 8.89. The van der Waals surface area contributed by atoms with Gasteiger partial charge in [0.1, 0.15) is 11.3 Å². The summed E-state index contributed by atoms with van der Waals surface area (Å²) >= 11 is 12.6. The number of hydrogen-bond donors (Lipinski definition) is 1. The molecule has 1 N–H and O–H groups in total. The van der Waals surface area contributed by atoms with E-state index in [0.717, 1.165) is 29.8 Å². The maximum Gasteiger partial charge on any atom is 0.415 e. The van der Waals surface area contributed by atoms with Gasteiger partial charge in [0.15, 0.2) is 5.78 Å². The number of amides is 2. The number of pyridine rings is 1. The van der Waals surface area contributed by atoms with Gasteiger partial charge in [-0.1, -0.05) is 36.2 Å². The number of aryl methyl sites for hydroxylation is 2. The molecule has 3 heterocycles. The minimum Gasteiger partial charge on any atom is -0.410 e. The largest absolute Gasteiger partial charge is 0.415 e. The molecule has 1 aliphatic carbocycles. The molecule has 2 atom stereocenters. The molecule has 5 rings (SSSR count). The highest BCUT2D eigenvalue weighted by Gasteiger charge is 2.57. The number of likely N-dealkylation sites (N-methyl/N-ethyl adjacent to an activating group) is 1. The van der Waals surface area contributed by atoms with Gasteiger partial charge < -0.3 is 15.0 Å². The van der Waals surface area contributed by atoms with Crippen LogP contribution < -0.4 is 10.1 Å². The van der Waals surface area contributed by atoms with E-state index in [1.165, 1.54) is 4.90 Å². The van der Waals surface area contributed by atoms with Gasteiger partial charge in [-0.2, -0.15) is 0 Å². The molecule has 214 valence electrons. The Morgan fingerprint density at radius 1 is 1.05 bits per heavy atom. The first-order chi connectivity index (χ1) is 18.9. The van der Waals surface area contributed by atoms with E-state index in [1.54, 1.807) is 31.3 Å². The lowest BCUT2D eigenvalue weighted by Crippen LogP contribution is -2.62. The highest BCUT2D eigenvalue weighted by atomic mass is 35.5. The van der Waals surface area contributed by atoms with Gasteiger partial charge in [0.25, 0.3) is 0 Å². The molecule has 2 amide bonds. The van der Waals surface area contributed by atoms with E-state index in [4.69, 9.17) is 27.9 Å². The summed E-state index contributed by atoms with van der Waals surface area (Å²) in [5, 5.41) is 4.18. The van der Waals surface area contributed by atoms with Crippen LogP contribution in [0.3, 0.4) is 0 Å². The molecule has 0 spiro atoms.